The van der Waals surface area contributed by atoms with Crippen LogP contribution in [0.2, 0.25) is 0 Å². The number of oxime groups is 1. The van der Waals surface area contributed by atoms with Crippen LogP contribution in [-0.4, -0.2) is 77.3 Å². The fraction of sp³-hybridized carbons (Fsp3) is 0.524. The number of thioether (sulfide) groups is 1. The normalized spacial score (nSPS) is 20.4. The van der Waals surface area contributed by atoms with Crippen molar-refractivity contribution in [2.45, 2.75) is 57.2 Å². The molecule has 0 bridgehead atoms. The molecular formula is C21H26IN5O7S2. The summed E-state index contributed by atoms with van der Waals surface area (Å²) in [6.45, 7) is 7.99. The van der Waals surface area contributed by atoms with Crippen LogP contribution in [0.4, 0.5) is 5.13 Å². The number of fused-ring (bicyclic) bond motifs is 1. The number of nitrogen functional groups attached to an aromatic ring is 1. The van der Waals surface area contributed by atoms with Gasteiger partial charge in [-0.1, -0.05) is 27.7 Å². The predicted molar refractivity (Wildman–Crippen MR) is 143 cm³/mol. The zero-order chi connectivity index (χ0) is 27.0. The molecule has 2 atom stereocenters. The molecule has 196 valence electrons. The molecule has 0 spiro atoms. The molecule has 1 aromatic heterocycles. The van der Waals surface area contributed by atoms with Crippen LogP contribution in [0, 0.1) is 0 Å². The SMILES string of the molecule is CC(C)(C)OC(=O)C(C)(C)ON=C(C(=O)NC1C(=O)N2C(C(=O)O)=C(CI)CS[C@@H]12)c1csc(N)n1. The minimum Gasteiger partial charge on any atom is -0.477 e. The Bertz CT molecular complexity index is 1160. The van der Waals surface area contributed by atoms with Crippen molar-refractivity contribution in [3.8, 4) is 0 Å². The van der Waals surface area contributed by atoms with E-state index in [2.05, 4.69) is 38.0 Å². The van der Waals surface area contributed by atoms with Crippen LogP contribution >= 0.6 is 45.7 Å². The molecule has 3 heterocycles. The lowest BCUT2D eigenvalue weighted by atomic mass is 10.0. The van der Waals surface area contributed by atoms with Crippen molar-refractivity contribution >= 4 is 80.3 Å². The number of carbonyl (C=O) groups excluding carboxylic acids is 3. The maximum absolute atomic E-state index is 13.2. The fourth-order valence-electron chi connectivity index (χ4n) is 3.19. The number of thiazole rings is 1. The quantitative estimate of drug-likeness (QED) is 0.0939. The molecule has 2 aliphatic rings. The number of carboxylic acids is 1. The summed E-state index contributed by atoms with van der Waals surface area (Å²) in [6.07, 6.45) is 0. The summed E-state index contributed by atoms with van der Waals surface area (Å²) in [4.78, 5) is 61.0. The Hall–Kier alpha value is -2.40. The second-order valence-electron chi connectivity index (χ2n) is 9.37. The number of nitrogens with zero attached hydrogens (tertiary/aromatic N) is 3. The van der Waals surface area contributed by atoms with Gasteiger partial charge in [-0.3, -0.25) is 14.5 Å². The molecule has 1 aromatic rings. The van der Waals surface area contributed by atoms with E-state index >= 15 is 0 Å². The molecule has 1 saturated heterocycles. The van der Waals surface area contributed by atoms with Gasteiger partial charge in [0.25, 0.3) is 11.8 Å². The van der Waals surface area contributed by atoms with Gasteiger partial charge in [0.15, 0.2) is 10.8 Å². The molecule has 36 heavy (non-hydrogen) atoms. The van der Waals surface area contributed by atoms with E-state index in [1.165, 1.54) is 35.9 Å². The number of β-lactam (4-membered cyclic amide) rings is 1. The minimum absolute atomic E-state index is 0.0488. The molecule has 4 N–H and O–H groups in total. The fourth-order valence-corrected chi connectivity index (χ4v) is 6.09. The molecule has 0 aliphatic carbocycles. The summed E-state index contributed by atoms with van der Waals surface area (Å²) < 4.78 is 5.81. The molecule has 0 radical (unpaired) electrons. The number of nitrogens with two attached hydrogens (primary N) is 1. The summed E-state index contributed by atoms with van der Waals surface area (Å²) >= 11 is 4.48. The van der Waals surface area contributed by atoms with Crippen molar-refractivity contribution in [3.63, 3.8) is 0 Å². The van der Waals surface area contributed by atoms with Gasteiger partial charge in [0.05, 0.1) is 0 Å². The van der Waals surface area contributed by atoms with Crippen molar-refractivity contribution in [2.24, 2.45) is 5.16 Å². The number of amides is 2. The average Bonchev–Trinajstić information content (AvgIpc) is 3.20. The van der Waals surface area contributed by atoms with Crippen LogP contribution < -0.4 is 11.1 Å². The number of halogens is 1. The van der Waals surface area contributed by atoms with Crippen molar-refractivity contribution in [3.05, 3.63) is 22.3 Å². The third kappa shape index (κ3) is 5.94. The third-order valence-corrected chi connectivity index (χ3v) is 7.87. The lowest BCUT2D eigenvalue weighted by Gasteiger charge is -2.49. The third-order valence-electron chi connectivity index (χ3n) is 4.93. The highest BCUT2D eigenvalue weighted by molar-refractivity contribution is 14.1. The smallest absolute Gasteiger partial charge is 0.353 e. The largest absolute Gasteiger partial charge is 0.477 e. The Morgan fingerprint density at radius 1 is 1.33 bits per heavy atom. The van der Waals surface area contributed by atoms with Gasteiger partial charge < -0.3 is 25.7 Å². The average molecular weight is 652 g/mol. The van der Waals surface area contributed by atoms with Gasteiger partial charge in [0, 0.05) is 15.6 Å². The number of rotatable bonds is 8. The van der Waals surface area contributed by atoms with E-state index in [1.807, 2.05) is 0 Å². The van der Waals surface area contributed by atoms with Gasteiger partial charge in [-0.05, 0) is 40.2 Å². The molecule has 2 aliphatic heterocycles. The Balaban J connectivity index is 1.82. The van der Waals surface area contributed by atoms with Gasteiger partial charge in [0.1, 0.15) is 28.4 Å². The molecule has 2 amide bonds. The number of carboxylic acid groups (broad SMARTS) is 1. The number of aromatic nitrogens is 1. The molecule has 0 saturated carbocycles. The zero-order valence-electron chi connectivity index (χ0n) is 20.2. The summed E-state index contributed by atoms with van der Waals surface area (Å²) in [5, 5.41) is 17.2. The van der Waals surface area contributed by atoms with Gasteiger partial charge in [-0.25, -0.2) is 14.6 Å². The Morgan fingerprint density at radius 2 is 2.00 bits per heavy atom. The lowest BCUT2D eigenvalue weighted by Crippen LogP contribution is -2.71. The molecule has 3 rings (SSSR count). The number of aliphatic carboxylic acids is 1. The van der Waals surface area contributed by atoms with Crippen molar-refractivity contribution in [1.29, 1.82) is 0 Å². The van der Waals surface area contributed by atoms with E-state index < -0.39 is 46.4 Å². The number of nitrogens with one attached hydrogen (secondary N) is 1. The predicted octanol–water partition coefficient (Wildman–Crippen LogP) is 1.74. The molecule has 1 fully saturated rings. The maximum Gasteiger partial charge on any atom is 0.353 e. The topological polar surface area (TPSA) is 174 Å². The van der Waals surface area contributed by atoms with Crippen molar-refractivity contribution < 1.29 is 33.9 Å². The summed E-state index contributed by atoms with van der Waals surface area (Å²) in [5.74, 6) is -2.81. The van der Waals surface area contributed by atoms with Gasteiger partial charge in [0.2, 0.25) is 5.60 Å². The van der Waals surface area contributed by atoms with Gasteiger partial charge in [-0.15, -0.1) is 23.1 Å². The highest BCUT2D eigenvalue weighted by Crippen LogP contribution is 2.40. The number of ether oxygens (including phenoxy) is 1. The number of alkyl halides is 1. The minimum atomic E-state index is -1.54. The Kier molecular flexibility index (Phi) is 8.24. The first-order valence-corrected chi connectivity index (χ1v) is 14.1. The number of hydrogen-bond acceptors (Lipinski definition) is 11. The molecule has 15 heteroatoms. The number of carbonyl (C=O) groups is 4. The summed E-state index contributed by atoms with van der Waals surface area (Å²) in [5.41, 5.74) is 3.79. The number of esters is 1. The van der Waals surface area contributed by atoms with Crippen molar-refractivity contribution in [2.75, 3.05) is 15.9 Å². The van der Waals surface area contributed by atoms with Crippen LogP contribution in [0.3, 0.4) is 0 Å². The first kappa shape index (κ1) is 28.2. The molecule has 0 aromatic carbocycles. The molecular weight excluding hydrogens is 625 g/mol. The molecule has 12 nitrogen and oxygen atoms in total. The first-order chi connectivity index (χ1) is 16.7. The van der Waals surface area contributed by atoms with Crippen LogP contribution in [-0.2, 0) is 28.8 Å². The maximum atomic E-state index is 13.2. The highest BCUT2D eigenvalue weighted by Gasteiger charge is 2.54. The van der Waals surface area contributed by atoms with Crippen molar-refractivity contribution in [1.82, 2.24) is 15.2 Å². The van der Waals surface area contributed by atoms with Crippen LogP contribution in [0.5, 0.6) is 0 Å². The Morgan fingerprint density at radius 3 is 2.53 bits per heavy atom. The first-order valence-electron chi connectivity index (χ1n) is 10.6. The number of hydrogen-bond donors (Lipinski definition) is 3. The second kappa shape index (κ2) is 10.5. The van der Waals surface area contributed by atoms with Gasteiger partial charge in [-0.2, -0.15) is 0 Å². The monoisotopic (exact) mass is 651 g/mol. The lowest BCUT2D eigenvalue weighted by molar-refractivity contribution is -0.179. The van der Waals surface area contributed by atoms with E-state index in [4.69, 9.17) is 15.3 Å². The summed E-state index contributed by atoms with van der Waals surface area (Å²) in [6, 6.07) is -0.979. The van der Waals surface area contributed by atoms with Crippen LogP contribution in [0.15, 0.2) is 21.8 Å². The zero-order valence-corrected chi connectivity index (χ0v) is 23.9. The second-order valence-corrected chi connectivity index (χ2v) is 12.1. The van der Waals surface area contributed by atoms with Crippen LogP contribution in [0.1, 0.15) is 40.3 Å². The Labute approximate surface area is 229 Å². The van der Waals surface area contributed by atoms with E-state index in [0.717, 1.165) is 11.3 Å². The summed E-state index contributed by atoms with van der Waals surface area (Å²) in [7, 11) is 0. The van der Waals surface area contributed by atoms with E-state index in [9.17, 15) is 24.3 Å². The highest BCUT2D eigenvalue weighted by atomic mass is 127. The van der Waals surface area contributed by atoms with Gasteiger partial charge >= 0.3 is 11.9 Å². The van der Waals surface area contributed by atoms with E-state index in [1.54, 1.807) is 20.8 Å². The van der Waals surface area contributed by atoms with E-state index in [0.29, 0.717) is 15.8 Å². The standard InChI is InChI=1S/C21H26IN5O7S2/c1-20(2,3)33-18(32)21(4,5)34-26-11(10-8-36-19(23)24-10)14(28)25-12-15(29)27-13(17(30)31)9(6-22)7-35-16(12)27/h8,12,16H,6-7H2,1-5H3,(H2,23,24)(H,25,28)(H,30,31)/t12?,16-/m0/s1. The van der Waals surface area contributed by atoms with E-state index in [-0.39, 0.29) is 22.2 Å². The molecule has 1 unspecified atom stereocenters. The number of anilines is 1. The van der Waals surface area contributed by atoms with Crippen LogP contribution in [0.25, 0.3) is 0 Å².